The summed E-state index contributed by atoms with van der Waals surface area (Å²) in [6.45, 7) is 5.93. The second-order valence-electron chi connectivity index (χ2n) is 4.80. The number of ether oxygens (including phenoxy) is 1. The smallest absolute Gasteiger partial charge is 0.233 e. The lowest BCUT2D eigenvalue weighted by Crippen LogP contribution is -2.17. The molecule has 1 unspecified atom stereocenters. The molecule has 0 fully saturated rings. The zero-order chi connectivity index (χ0) is 13.9. The number of aryl methyl sites for hydroxylation is 1. The van der Waals surface area contributed by atoms with Crippen LogP contribution in [0.25, 0.3) is 0 Å². The van der Waals surface area contributed by atoms with Crippen LogP contribution in [0.5, 0.6) is 5.75 Å². The van der Waals surface area contributed by atoms with E-state index < -0.39 is 9.05 Å². The summed E-state index contributed by atoms with van der Waals surface area (Å²) in [5.41, 5.74) is 1.97. The molecule has 0 saturated heterocycles. The van der Waals surface area contributed by atoms with Crippen molar-refractivity contribution in [1.29, 1.82) is 0 Å². The van der Waals surface area contributed by atoms with Crippen LogP contribution >= 0.6 is 10.7 Å². The Balaban J connectivity index is 3.24. The molecule has 0 aliphatic rings. The summed E-state index contributed by atoms with van der Waals surface area (Å²) in [5.74, 6) is 0.627. The lowest BCUT2D eigenvalue weighted by molar-refractivity contribution is 0.399. The Morgan fingerprint density at radius 1 is 1.33 bits per heavy atom. The topological polar surface area (TPSA) is 43.4 Å². The molecule has 0 bridgehead atoms. The molecule has 18 heavy (non-hydrogen) atoms. The molecular weight excluding hydrogens is 272 g/mol. The van der Waals surface area contributed by atoms with Crippen LogP contribution in [0, 0.1) is 12.8 Å². The normalized spacial score (nSPS) is 13.7. The fourth-order valence-electron chi connectivity index (χ4n) is 2.00. The van der Waals surface area contributed by atoms with Crippen LogP contribution in [0.4, 0.5) is 0 Å². The van der Waals surface area contributed by atoms with Gasteiger partial charge in [-0.3, -0.25) is 0 Å². The molecule has 0 aromatic heterocycles. The molecule has 1 atom stereocenters. The third-order valence-electron chi connectivity index (χ3n) is 2.97. The van der Waals surface area contributed by atoms with Gasteiger partial charge < -0.3 is 4.74 Å². The molecule has 0 amide bonds. The first kappa shape index (κ1) is 15.3. The highest BCUT2D eigenvalue weighted by molar-refractivity contribution is 8.13. The maximum atomic E-state index is 11.3. The van der Waals surface area contributed by atoms with Gasteiger partial charge >= 0.3 is 0 Å². The Morgan fingerprint density at radius 2 is 1.94 bits per heavy atom. The van der Waals surface area contributed by atoms with Crippen LogP contribution in [0.3, 0.4) is 0 Å². The quantitative estimate of drug-likeness (QED) is 0.782. The zero-order valence-electron chi connectivity index (χ0n) is 11.1. The highest BCUT2D eigenvalue weighted by atomic mass is 35.7. The zero-order valence-corrected chi connectivity index (χ0v) is 12.7. The van der Waals surface area contributed by atoms with E-state index in [4.69, 9.17) is 15.4 Å². The molecule has 102 valence electrons. The average Bonchev–Trinajstić information content (AvgIpc) is 2.24. The van der Waals surface area contributed by atoms with Crippen molar-refractivity contribution in [3.05, 3.63) is 29.3 Å². The Hall–Kier alpha value is -0.740. The molecule has 0 aliphatic heterocycles. The van der Waals surface area contributed by atoms with Crippen molar-refractivity contribution in [2.24, 2.45) is 5.92 Å². The van der Waals surface area contributed by atoms with Crippen LogP contribution < -0.4 is 4.74 Å². The van der Waals surface area contributed by atoms with Crippen LogP contribution in [-0.2, 0) is 9.05 Å². The molecule has 1 aromatic rings. The molecule has 0 heterocycles. The number of methoxy groups -OCH3 is 1. The predicted octanol–water partition coefficient (Wildman–Crippen LogP) is 3.31. The molecular formula is C13H19ClO3S. The van der Waals surface area contributed by atoms with E-state index in [0.717, 1.165) is 11.1 Å². The number of halogens is 1. The van der Waals surface area contributed by atoms with E-state index in [1.165, 1.54) is 0 Å². The fourth-order valence-corrected chi connectivity index (χ4v) is 3.40. The molecule has 1 rings (SSSR count). The van der Waals surface area contributed by atoms with Crippen LogP contribution in [0.15, 0.2) is 18.2 Å². The van der Waals surface area contributed by atoms with E-state index >= 15 is 0 Å². The Kier molecular flexibility index (Phi) is 5.05. The van der Waals surface area contributed by atoms with Gasteiger partial charge in [-0.15, -0.1) is 0 Å². The molecule has 1 aromatic carbocycles. The van der Waals surface area contributed by atoms with Gasteiger partial charge in [0.05, 0.1) is 12.9 Å². The van der Waals surface area contributed by atoms with Gasteiger partial charge in [-0.2, -0.15) is 0 Å². The van der Waals surface area contributed by atoms with Gasteiger partial charge in [-0.1, -0.05) is 31.5 Å². The van der Waals surface area contributed by atoms with Crippen molar-refractivity contribution in [3.63, 3.8) is 0 Å². The highest BCUT2D eigenvalue weighted by Gasteiger charge is 2.25. The number of hydrogen-bond donors (Lipinski definition) is 0. The van der Waals surface area contributed by atoms with Gasteiger partial charge in [0.2, 0.25) is 9.05 Å². The summed E-state index contributed by atoms with van der Waals surface area (Å²) in [7, 11) is 3.44. The Labute approximate surface area is 114 Å². The average molecular weight is 291 g/mol. The van der Waals surface area contributed by atoms with Crippen LogP contribution in [-0.4, -0.2) is 21.3 Å². The molecule has 0 radical (unpaired) electrons. The minimum absolute atomic E-state index is 0.0773. The van der Waals surface area contributed by atoms with E-state index in [1.807, 2.05) is 39.0 Å². The maximum absolute atomic E-state index is 11.3. The first-order valence-corrected chi connectivity index (χ1v) is 8.29. The first-order chi connectivity index (χ1) is 8.24. The van der Waals surface area contributed by atoms with Crippen LogP contribution in [0.2, 0.25) is 0 Å². The van der Waals surface area contributed by atoms with Crippen molar-refractivity contribution in [2.75, 3.05) is 12.9 Å². The minimum Gasteiger partial charge on any atom is -0.496 e. The summed E-state index contributed by atoms with van der Waals surface area (Å²) >= 11 is 0. The second kappa shape index (κ2) is 5.93. The van der Waals surface area contributed by atoms with Crippen molar-refractivity contribution >= 4 is 19.7 Å². The van der Waals surface area contributed by atoms with E-state index in [9.17, 15) is 8.42 Å². The summed E-state index contributed by atoms with van der Waals surface area (Å²) in [5, 5.41) is 0. The standard InChI is InChI=1S/C13H19ClO3S/c1-9(2)12(8-18(14,15)16)11-7-10(3)5-6-13(11)17-4/h5-7,9,12H,8H2,1-4H3. The van der Waals surface area contributed by atoms with Gasteiger partial charge in [0, 0.05) is 16.6 Å². The summed E-state index contributed by atoms with van der Waals surface area (Å²) in [6, 6.07) is 5.77. The number of rotatable bonds is 5. The van der Waals surface area contributed by atoms with E-state index in [-0.39, 0.29) is 17.6 Å². The lowest BCUT2D eigenvalue weighted by atomic mass is 9.88. The van der Waals surface area contributed by atoms with Gasteiger partial charge in [0.1, 0.15) is 5.75 Å². The predicted molar refractivity (Wildman–Crippen MR) is 74.9 cm³/mol. The maximum Gasteiger partial charge on any atom is 0.233 e. The molecule has 5 heteroatoms. The highest BCUT2D eigenvalue weighted by Crippen LogP contribution is 2.34. The Morgan fingerprint density at radius 3 is 2.39 bits per heavy atom. The summed E-state index contributed by atoms with van der Waals surface area (Å²) < 4.78 is 28.0. The minimum atomic E-state index is -3.54. The SMILES string of the molecule is COc1ccc(C)cc1C(CS(=O)(=O)Cl)C(C)C. The largest absolute Gasteiger partial charge is 0.496 e. The van der Waals surface area contributed by atoms with Gasteiger partial charge in [0.25, 0.3) is 0 Å². The van der Waals surface area contributed by atoms with Gasteiger partial charge in [-0.25, -0.2) is 8.42 Å². The Bertz CT molecular complexity index is 509. The molecule has 0 aliphatic carbocycles. The van der Waals surface area contributed by atoms with E-state index in [1.54, 1.807) is 7.11 Å². The third-order valence-corrected chi connectivity index (χ3v) is 4.10. The number of benzene rings is 1. The molecule has 0 spiro atoms. The van der Waals surface area contributed by atoms with Crippen molar-refractivity contribution in [2.45, 2.75) is 26.7 Å². The second-order valence-corrected chi connectivity index (χ2v) is 7.62. The first-order valence-electron chi connectivity index (χ1n) is 5.81. The van der Waals surface area contributed by atoms with Gasteiger partial charge in [0.15, 0.2) is 0 Å². The molecule has 0 N–H and O–H groups in total. The van der Waals surface area contributed by atoms with Crippen molar-refractivity contribution in [1.82, 2.24) is 0 Å². The molecule has 3 nitrogen and oxygen atoms in total. The van der Waals surface area contributed by atoms with Crippen molar-refractivity contribution < 1.29 is 13.2 Å². The monoisotopic (exact) mass is 290 g/mol. The van der Waals surface area contributed by atoms with Crippen molar-refractivity contribution in [3.8, 4) is 5.75 Å². The number of hydrogen-bond acceptors (Lipinski definition) is 3. The summed E-state index contributed by atoms with van der Waals surface area (Å²) in [4.78, 5) is 0. The molecule has 0 saturated carbocycles. The van der Waals surface area contributed by atoms with E-state index in [0.29, 0.717) is 5.75 Å². The van der Waals surface area contributed by atoms with E-state index in [2.05, 4.69) is 0 Å². The summed E-state index contributed by atoms with van der Waals surface area (Å²) in [6.07, 6.45) is 0. The fraction of sp³-hybridized carbons (Fsp3) is 0.538. The van der Waals surface area contributed by atoms with Crippen LogP contribution in [0.1, 0.15) is 30.9 Å². The third kappa shape index (κ3) is 4.18. The lowest BCUT2D eigenvalue weighted by Gasteiger charge is -2.22. The van der Waals surface area contributed by atoms with Gasteiger partial charge in [-0.05, 0) is 24.5 Å².